The fourth-order valence-corrected chi connectivity index (χ4v) is 2.46. The van der Waals surface area contributed by atoms with E-state index in [1.165, 1.54) is 26.5 Å². The first-order chi connectivity index (χ1) is 14.1. The highest BCUT2D eigenvalue weighted by Gasteiger charge is 2.10. The minimum absolute atomic E-state index is 0.0463. The molecule has 0 aliphatic rings. The van der Waals surface area contributed by atoms with Crippen molar-refractivity contribution in [2.45, 2.75) is 0 Å². The molecule has 3 aromatic rings. The zero-order valence-corrected chi connectivity index (χ0v) is 16.4. The number of carbonyl (C=O) groups is 1. The Balaban J connectivity index is 1.75. The smallest absolute Gasteiger partial charge is 0.328 e. The number of hydrogen-bond donors (Lipinski definition) is 1. The van der Waals surface area contributed by atoms with Gasteiger partial charge in [0.1, 0.15) is 5.75 Å². The normalized spacial score (nSPS) is 10.6. The molecule has 1 heterocycles. The van der Waals surface area contributed by atoms with Crippen LogP contribution in [0.25, 0.3) is 0 Å². The average molecular weight is 413 g/mol. The second kappa shape index (κ2) is 9.52. The molecule has 2 aromatic carbocycles. The van der Waals surface area contributed by atoms with E-state index in [-0.39, 0.29) is 11.9 Å². The maximum absolute atomic E-state index is 12.1. The zero-order chi connectivity index (χ0) is 20.6. The number of rotatable bonds is 7. The summed E-state index contributed by atoms with van der Waals surface area (Å²) in [5.74, 6) is 0.644. The third kappa shape index (κ3) is 5.43. The summed E-state index contributed by atoms with van der Waals surface area (Å²) < 4.78 is 16.0. The number of halogens is 1. The number of nitrogens with zero attached hydrogens (tertiary/aromatic N) is 3. The van der Waals surface area contributed by atoms with Crippen molar-refractivity contribution in [2.75, 3.05) is 14.2 Å². The summed E-state index contributed by atoms with van der Waals surface area (Å²) in [5.41, 5.74) is 3.45. The van der Waals surface area contributed by atoms with Gasteiger partial charge in [-0.25, -0.2) is 5.43 Å². The Kier molecular flexibility index (Phi) is 6.59. The Morgan fingerprint density at radius 1 is 1.03 bits per heavy atom. The van der Waals surface area contributed by atoms with E-state index in [0.29, 0.717) is 33.7 Å². The summed E-state index contributed by atoms with van der Waals surface area (Å²) in [6.45, 7) is 0. The molecule has 0 radical (unpaired) electrons. The van der Waals surface area contributed by atoms with Crippen LogP contribution in [0, 0.1) is 0 Å². The molecule has 0 aliphatic heterocycles. The van der Waals surface area contributed by atoms with E-state index in [4.69, 9.17) is 25.8 Å². The molecule has 0 saturated heterocycles. The average Bonchev–Trinajstić information content (AvgIpc) is 2.74. The van der Waals surface area contributed by atoms with Crippen molar-refractivity contribution >= 4 is 23.7 Å². The number of methoxy groups -OCH3 is 2. The van der Waals surface area contributed by atoms with Gasteiger partial charge in [0.15, 0.2) is 0 Å². The van der Waals surface area contributed by atoms with Crippen LogP contribution in [-0.2, 0) is 0 Å². The van der Waals surface area contributed by atoms with Gasteiger partial charge in [0.25, 0.3) is 5.91 Å². The summed E-state index contributed by atoms with van der Waals surface area (Å²) in [6, 6.07) is 15.2. The van der Waals surface area contributed by atoms with Gasteiger partial charge in [0.2, 0.25) is 11.8 Å². The van der Waals surface area contributed by atoms with Crippen molar-refractivity contribution in [1.29, 1.82) is 0 Å². The molecule has 1 amide bonds. The van der Waals surface area contributed by atoms with E-state index in [1.807, 2.05) is 0 Å². The highest BCUT2D eigenvalue weighted by Crippen LogP contribution is 2.25. The van der Waals surface area contributed by atoms with Crippen LogP contribution in [0.1, 0.15) is 15.9 Å². The Morgan fingerprint density at radius 2 is 1.76 bits per heavy atom. The van der Waals surface area contributed by atoms with Crippen molar-refractivity contribution in [3.05, 3.63) is 70.7 Å². The first kappa shape index (κ1) is 20.1. The van der Waals surface area contributed by atoms with Gasteiger partial charge in [0, 0.05) is 16.1 Å². The molecule has 1 aromatic heterocycles. The standard InChI is InChI=1S/C20H17ClN4O4/c1-27-17-11-18(28-2)24-20(23-17)29-16-9-4-3-6-14(16)12-22-25-19(26)13-7-5-8-15(21)10-13/h3-12H,1-2H3,(H,25,26). The lowest BCUT2D eigenvalue weighted by atomic mass is 10.2. The topological polar surface area (TPSA) is 94.9 Å². The Morgan fingerprint density at radius 3 is 2.45 bits per heavy atom. The van der Waals surface area contributed by atoms with E-state index >= 15 is 0 Å². The van der Waals surface area contributed by atoms with Crippen LogP contribution in [0.5, 0.6) is 23.5 Å². The maximum atomic E-state index is 12.1. The molecule has 0 saturated carbocycles. The van der Waals surface area contributed by atoms with E-state index in [0.717, 1.165) is 0 Å². The molecular weight excluding hydrogens is 396 g/mol. The Hall–Kier alpha value is -3.65. The van der Waals surface area contributed by atoms with Crippen molar-refractivity contribution in [1.82, 2.24) is 15.4 Å². The van der Waals surface area contributed by atoms with Crippen LogP contribution >= 0.6 is 11.6 Å². The Bertz CT molecular complexity index is 1020. The number of para-hydroxylation sites is 1. The first-order valence-corrected chi connectivity index (χ1v) is 8.80. The second-order valence-electron chi connectivity index (χ2n) is 5.58. The van der Waals surface area contributed by atoms with E-state index in [1.54, 1.807) is 48.5 Å². The van der Waals surface area contributed by atoms with Gasteiger partial charge in [-0.15, -0.1) is 0 Å². The van der Waals surface area contributed by atoms with Crippen LogP contribution < -0.4 is 19.6 Å². The third-order valence-corrected chi connectivity index (χ3v) is 3.89. The minimum Gasteiger partial charge on any atom is -0.481 e. The molecule has 0 spiro atoms. The molecule has 3 rings (SSSR count). The van der Waals surface area contributed by atoms with Crippen LogP contribution in [0.4, 0.5) is 0 Å². The monoisotopic (exact) mass is 412 g/mol. The van der Waals surface area contributed by atoms with Crippen molar-refractivity contribution in [2.24, 2.45) is 5.10 Å². The number of hydrogen-bond acceptors (Lipinski definition) is 7. The highest BCUT2D eigenvalue weighted by atomic mass is 35.5. The number of benzene rings is 2. The number of carbonyl (C=O) groups excluding carboxylic acids is 1. The van der Waals surface area contributed by atoms with Crippen molar-refractivity contribution in [3.63, 3.8) is 0 Å². The van der Waals surface area contributed by atoms with Gasteiger partial charge in [-0.1, -0.05) is 29.8 Å². The summed E-state index contributed by atoms with van der Waals surface area (Å²) in [4.78, 5) is 20.4. The highest BCUT2D eigenvalue weighted by molar-refractivity contribution is 6.30. The number of nitrogens with one attached hydrogen (secondary N) is 1. The lowest BCUT2D eigenvalue weighted by Gasteiger charge is -2.09. The van der Waals surface area contributed by atoms with E-state index in [9.17, 15) is 4.79 Å². The number of hydrazone groups is 1. The fraction of sp³-hybridized carbons (Fsp3) is 0.100. The molecule has 0 bridgehead atoms. The zero-order valence-electron chi connectivity index (χ0n) is 15.6. The van der Waals surface area contributed by atoms with Gasteiger partial charge in [-0.2, -0.15) is 15.1 Å². The number of ether oxygens (including phenoxy) is 3. The second-order valence-corrected chi connectivity index (χ2v) is 6.02. The van der Waals surface area contributed by atoms with Gasteiger partial charge in [-0.3, -0.25) is 4.79 Å². The van der Waals surface area contributed by atoms with Crippen LogP contribution in [0.3, 0.4) is 0 Å². The molecule has 0 atom stereocenters. The predicted molar refractivity (Wildman–Crippen MR) is 108 cm³/mol. The largest absolute Gasteiger partial charge is 0.481 e. The molecule has 9 heteroatoms. The Labute approximate surface area is 172 Å². The molecule has 0 aliphatic carbocycles. The van der Waals surface area contributed by atoms with E-state index in [2.05, 4.69) is 20.5 Å². The molecule has 0 unspecified atom stereocenters. The summed E-state index contributed by atoms with van der Waals surface area (Å²) in [7, 11) is 2.96. The van der Waals surface area contributed by atoms with Crippen molar-refractivity contribution in [3.8, 4) is 23.5 Å². The van der Waals surface area contributed by atoms with Crippen LogP contribution in [0.2, 0.25) is 5.02 Å². The molecular formula is C20H17ClN4O4. The lowest BCUT2D eigenvalue weighted by Crippen LogP contribution is -2.17. The van der Waals surface area contributed by atoms with E-state index < -0.39 is 0 Å². The van der Waals surface area contributed by atoms with Gasteiger partial charge in [0.05, 0.1) is 26.5 Å². The number of aromatic nitrogens is 2. The summed E-state index contributed by atoms with van der Waals surface area (Å²) in [5, 5.41) is 4.45. The van der Waals surface area contributed by atoms with Gasteiger partial charge in [-0.05, 0) is 30.3 Å². The molecule has 0 fully saturated rings. The predicted octanol–water partition coefficient (Wildman–Crippen LogP) is 3.70. The maximum Gasteiger partial charge on any atom is 0.328 e. The van der Waals surface area contributed by atoms with Gasteiger partial charge >= 0.3 is 6.01 Å². The fourth-order valence-electron chi connectivity index (χ4n) is 2.27. The number of amides is 1. The molecule has 8 nitrogen and oxygen atoms in total. The quantitative estimate of drug-likeness (QED) is 0.469. The molecule has 1 N–H and O–H groups in total. The molecule has 29 heavy (non-hydrogen) atoms. The summed E-state index contributed by atoms with van der Waals surface area (Å²) >= 11 is 5.90. The third-order valence-electron chi connectivity index (χ3n) is 3.65. The van der Waals surface area contributed by atoms with Crippen LogP contribution in [0.15, 0.2) is 59.7 Å². The lowest BCUT2D eigenvalue weighted by molar-refractivity contribution is 0.0955. The minimum atomic E-state index is -0.386. The molecule has 148 valence electrons. The first-order valence-electron chi connectivity index (χ1n) is 8.42. The van der Waals surface area contributed by atoms with Crippen molar-refractivity contribution < 1.29 is 19.0 Å². The van der Waals surface area contributed by atoms with Crippen LogP contribution in [-0.4, -0.2) is 36.3 Å². The SMILES string of the molecule is COc1cc(OC)nc(Oc2ccccc2C=NNC(=O)c2cccc(Cl)c2)n1. The van der Waals surface area contributed by atoms with Gasteiger partial charge < -0.3 is 14.2 Å². The summed E-state index contributed by atoms with van der Waals surface area (Å²) in [6.07, 6.45) is 1.45.